The van der Waals surface area contributed by atoms with Crippen molar-refractivity contribution in [2.75, 3.05) is 13.1 Å². The van der Waals surface area contributed by atoms with Crippen LogP contribution in [0.2, 0.25) is 0 Å². The average molecular weight is 239 g/mol. The molecular formula is C14H19F2N. The maximum atomic E-state index is 13.7. The molecule has 1 N–H and O–H groups in total. The molecule has 2 unspecified atom stereocenters. The van der Waals surface area contributed by atoms with Crippen LogP contribution < -0.4 is 5.32 Å². The van der Waals surface area contributed by atoms with Crippen LogP contribution in [0.5, 0.6) is 0 Å². The van der Waals surface area contributed by atoms with Gasteiger partial charge >= 0.3 is 0 Å². The number of nitrogens with one attached hydrogen (secondary N) is 1. The van der Waals surface area contributed by atoms with E-state index in [4.69, 9.17) is 0 Å². The molecular weight excluding hydrogens is 220 g/mol. The van der Waals surface area contributed by atoms with Crippen molar-refractivity contribution in [2.24, 2.45) is 5.92 Å². The van der Waals surface area contributed by atoms with Crippen molar-refractivity contribution >= 4 is 0 Å². The number of hydrogen-bond donors (Lipinski definition) is 1. The van der Waals surface area contributed by atoms with Gasteiger partial charge < -0.3 is 5.32 Å². The Hall–Kier alpha value is -0.960. The molecule has 1 fully saturated rings. The van der Waals surface area contributed by atoms with Crippen molar-refractivity contribution in [1.82, 2.24) is 5.32 Å². The molecule has 0 heterocycles. The highest BCUT2D eigenvalue weighted by Crippen LogP contribution is 2.54. The zero-order chi connectivity index (χ0) is 12.5. The van der Waals surface area contributed by atoms with Crippen LogP contribution in [0.1, 0.15) is 32.3 Å². The number of halogens is 2. The smallest absolute Gasteiger partial charge is 0.129 e. The predicted molar refractivity (Wildman–Crippen MR) is 65.0 cm³/mol. The molecule has 1 nitrogen and oxygen atoms in total. The minimum absolute atomic E-state index is 0.113. The number of hydrogen-bond acceptors (Lipinski definition) is 1. The van der Waals surface area contributed by atoms with Gasteiger partial charge in [0.2, 0.25) is 0 Å². The first kappa shape index (κ1) is 12.5. The van der Waals surface area contributed by atoms with Crippen LogP contribution in [-0.2, 0) is 5.41 Å². The minimum Gasteiger partial charge on any atom is -0.316 e. The van der Waals surface area contributed by atoms with Gasteiger partial charge in [-0.1, -0.05) is 19.9 Å². The van der Waals surface area contributed by atoms with E-state index in [1.54, 1.807) is 6.07 Å². The van der Waals surface area contributed by atoms with E-state index in [0.29, 0.717) is 11.5 Å². The Morgan fingerprint density at radius 3 is 2.82 bits per heavy atom. The van der Waals surface area contributed by atoms with Gasteiger partial charge in [0.05, 0.1) is 0 Å². The van der Waals surface area contributed by atoms with Gasteiger partial charge in [-0.2, -0.15) is 0 Å². The molecule has 0 aromatic heterocycles. The molecule has 94 valence electrons. The first-order valence-corrected chi connectivity index (χ1v) is 6.24. The van der Waals surface area contributed by atoms with Crippen LogP contribution in [0.3, 0.4) is 0 Å². The summed E-state index contributed by atoms with van der Waals surface area (Å²) in [5, 5.41) is 3.36. The fraction of sp³-hybridized carbons (Fsp3) is 0.571. The van der Waals surface area contributed by atoms with E-state index in [0.717, 1.165) is 32.0 Å². The maximum Gasteiger partial charge on any atom is 0.129 e. The normalized spacial score (nSPS) is 27.2. The van der Waals surface area contributed by atoms with Gasteiger partial charge in [0.15, 0.2) is 0 Å². The van der Waals surface area contributed by atoms with Crippen LogP contribution in [0, 0.1) is 17.6 Å². The second-order valence-corrected chi connectivity index (χ2v) is 5.15. The summed E-state index contributed by atoms with van der Waals surface area (Å²) in [5.41, 5.74) is 0.542. The minimum atomic E-state index is -0.504. The molecule has 1 aromatic carbocycles. The Bertz CT molecular complexity index is 405. The molecule has 0 amide bonds. The number of benzene rings is 1. The largest absolute Gasteiger partial charge is 0.316 e. The van der Waals surface area contributed by atoms with Crippen molar-refractivity contribution in [1.29, 1.82) is 0 Å². The Balaban J connectivity index is 2.03. The summed E-state index contributed by atoms with van der Waals surface area (Å²) >= 11 is 0. The van der Waals surface area contributed by atoms with Crippen LogP contribution in [0.4, 0.5) is 8.78 Å². The average Bonchev–Trinajstić information content (AvgIpc) is 2.90. The molecule has 1 saturated carbocycles. The van der Waals surface area contributed by atoms with Crippen LogP contribution >= 0.6 is 0 Å². The topological polar surface area (TPSA) is 12.0 Å². The predicted octanol–water partition coefficient (Wildman–Crippen LogP) is 3.24. The molecule has 0 radical (unpaired) electrons. The van der Waals surface area contributed by atoms with E-state index >= 15 is 0 Å². The fourth-order valence-corrected chi connectivity index (χ4v) is 2.49. The molecule has 2 rings (SSSR count). The molecule has 0 bridgehead atoms. The first-order valence-electron chi connectivity index (χ1n) is 6.24. The molecule has 1 aliphatic rings. The second kappa shape index (κ2) is 4.73. The van der Waals surface area contributed by atoms with Gasteiger partial charge in [0.25, 0.3) is 0 Å². The monoisotopic (exact) mass is 239 g/mol. The van der Waals surface area contributed by atoms with Gasteiger partial charge in [-0.05, 0) is 48.9 Å². The summed E-state index contributed by atoms with van der Waals surface area (Å²) < 4.78 is 26.5. The Morgan fingerprint density at radius 1 is 1.41 bits per heavy atom. The van der Waals surface area contributed by atoms with Crippen molar-refractivity contribution in [3.63, 3.8) is 0 Å². The molecule has 1 aromatic rings. The Kier molecular flexibility index (Phi) is 3.48. The highest BCUT2D eigenvalue weighted by Gasteiger charge is 2.51. The summed E-state index contributed by atoms with van der Waals surface area (Å²) in [6, 6.07) is 3.92. The second-order valence-electron chi connectivity index (χ2n) is 5.15. The third-order valence-electron chi connectivity index (χ3n) is 3.78. The lowest BCUT2D eigenvalue weighted by Gasteiger charge is -2.13. The quantitative estimate of drug-likeness (QED) is 0.778. The number of rotatable bonds is 5. The summed E-state index contributed by atoms with van der Waals surface area (Å²) in [5.74, 6) is -0.448. The van der Waals surface area contributed by atoms with Crippen molar-refractivity contribution < 1.29 is 8.78 Å². The zero-order valence-corrected chi connectivity index (χ0v) is 10.4. The SMILES string of the molecule is CCCNCC1CC1(C)c1ccc(F)cc1F. The standard InChI is InChI=1S/C14H19F2N/c1-3-6-17-9-10-8-14(10,2)12-5-4-11(15)7-13(12)16/h4-5,7,10,17H,3,6,8-9H2,1-2H3. The highest BCUT2D eigenvalue weighted by molar-refractivity contribution is 5.34. The molecule has 17 heavy (non-hydrogen) atoms. The van der Waals surface area contributed by atoms with Crippen LogP contribution in [0.25, 0.3) is 0 Å². The third-order valence-corrected chi connectivity index (χ3v) is 3.78. The van der Waals surface area contributed by atoms with Gasteiger partial charge in [0.1, 0.15) is 11.6 Å². The Labute approximate surface area is 101 Å². The molecule has 3 heteroatoms. The van der Waals surface area contributed by atoms with E-state index in [1.165, 1.54) is 6.07 Å². The lowest BCUT2D eigenvalue weighted by molar-refractivity contribution is 0.529. The van der Waals surface area contributed by atoms with Crippen molar-refractivity contribution in [3.8, 4) is 0 Å². The third kappa shape index (κ3) is 2.49. The van der Waals surface area contributed by atoms with Gasteiger partial charge in [0, 0.05) is 6.07 Å². The summed E-state index contributed by atoms with van der Waals surface area (Å²) in [4.78, 5) is 0. The molecule has 2 atom stereocenters. The van der Waals surface area contributed by atoms with E-state index in [2.05, 4.69) is 19.2 Å². The van der Waals surface area contributed by atoms with E-state index in [1.807, 2.05) is 0 Å². The zero-order valence-electron chi connectivity index (χ0n) is 10.4. The van der Waals surface area contributed by atoms with Gasteiger partial charge in [-0.25, -0.2) is 8.78 Å². The van der Waals surface area contributed by atoms with Crippen LogP contribution in [-0.4, -0.2) is 13.1 Å². The molecule has 1 aliphatic carbocycles. The maximum absolute atomic E-state index is 13.7. The molecule has 0 saturated heterocycles. The lowest BCUT2D eigenvalue weighted by atomic mass is 9.95. The lowest BCUT2D eigenvalue weighted by Crippen LogP contribution is -2.21. The van der Waals surface area contributed by atoms with E-state index < -0.39 is 11.6 Å². The van der Waals surface area contributed by atoms with Gasteiger partial charge in [-0.15, -0.1) is 0 Å². The van der Waals surface area contributed by atoms with Gasteiger partial charge in [-0.3, -0.25) is 0 Å². The van der Waals surface area contributed by atoms with E-state index in [9.17, 15) is 8.78 Å². The summed E-state index contributed by atoms with van der Waals surface area (Å²) in [6.45, 7) is 6.10. The van der Waals surface area contributed by atoms with E-state index in [-0.39, 0.29) is 5.41 Å². The Morgan fingerprint density at radius 2 is 2.18 bits per heavy atom. The molecule has 0 spiro atoms. The molecule has 0 aliphatic heterocycles. The first-order chi connectivity index (χ1) is 8.08. The highest BCUT2D eigenvalue weighted by atomic mass is 19.1. The van der Waals surface area contributed by atoms with Crippen molar-refractivity contribution in [2.45, 2.75) is 32.1 Å². The summed E-state index contributed by atoms with van der Waals surface area (Å²) in [6.07, 6.45) is 2.08. The summed E-state index contributed by atoms with van der Waals surface area (Å²) in [7, 11) is 0. The van der Waals surface area contributed by atoms with Crippen LogP contribution in [0.15, 0.2) is 18.2 Å². The fourth-order valence-electron chi connectivity index (χ4n) is 2.49. The van der Waals surface area contributed by atoms with Crippen molar-refractivity contribution in [3.05, 3.63) is 35.4 Å².